The smallest absolute Gasteiger partial charge is 0.287 e. The van der Waals surface area contributed by atoms with Crippen LogP contribution >= 0.6 is 31.9 Å². The summed E-state index contributed by atoms with van der Waals surface area (Å²) in [4.78, 5) is 25.6. The largest absolute Gasteiger partial charge is 0.506 e. The van der Waals surface area contributed by atoms with E-state index in [0.717, 1.165) is 15.6 Å². The molecule has 0 unspecified atom stereocenters. The summed E-state index contributed by atoms with van der Waals surface area (Å²) in [5.74, 6) is -1.06. The van der Waals surface area contributed by atoms with Gasteiger partial charge in [-0.25, -0.2) is 5.43 Å². The third-order valence-electron chi connectivity index (χ3n) is 4.52. The summed E-state index contributed by atoms with van der Waals surface area (Å²) in [6.45, 7) is 1.83. The molecule has 0 saturated heterocycles. The van der Waals surface area contributed by atoms with Crippen LogP contribution in [0.5, 0.6) is 5.75 Å². The van der Waals surface area contributed by atoms with Gasteiger partial charge in [0.15, 0.2) is 0 Å². The van der Waals surface area contributed by atoms with E-state index in [1.165, 1.54) is 6.21 Å². The zero-order valence-corrected chi connectivity index (χ0v) is 21.3. The molecule has 3 rings (SSSR count). The van der Waals surface area contributed by atoms with Gasteiger partial charge in [-0.2, -0.15) is 5.10 Å². The van der Waals surface area contributed by atoms with Crippen LogP contribution in [-0.2, 0) is 4.79 Å². The van der Waals surface area contributed by atoms with Gasteiger partial charge in [-0.3, -0.25) is 9.59 Å². The van der Waals surface area contributed by atoms with Gasteiger partial charge in [-0.15, -0.1) is 0 Å². The highest BCUT2D eigenvalue weighted by Gasteiger charge is 2.14. The van der Waals surface area contributed by atoms with Crippen LogP contribution in [-0.4, -0.2) is 23.1 Å². The Morgan fingerprint density at radius 2 is 1.62 bits per heavy atom. The number of benzene rings is 3. The third kappa shape index (κ3) is 7.26. The summed E-state index contributed by atoms with van der Waals surface area (Å²) < 4.78 is 1.20. The van der Waals surface area contributed by atoms with E-state index < -0.39 is 11.8 Å². The van der Waals surface area contributed by atoms with Crippen molar-refractivity contribution in [1.29, 1.82) is 0 Å². The van der Waals surface area contributed by atoms with Crippen molar-refractivity contribution >= 4 is 56.0 Å². The van der Waals surface area contributed by atoms with Crippen molar-refractivity contribution in [3.05, 3.63) is 116 Å². The number of carbonyl (C=O) groups excluding carboxylic acids is 2. The SMILES string of the molecule is CC(=C/c1ccccc1)/C=C(/NC(=O)c1ccccc1)C(=O)N/N=C/c1cc(Br)cc(Br)c1O. The Kier molecular flexibility index (Phi) is 8.95. The Bertz CT molecular complexity index is 1270. The van der Waals surface area contributed by atoms with Crippen molar-refractivity contribution in [2.75, 3.05) is 0 Å². The maximum Gasteiger partial charge on any atom is 0.287 e. The van der Waals surface area contributed by atoms with Crippen molar-refractivity contribution < 1.29 is 14.7 Å². The number of rotatable bonds is 7. The molecule has 0 atom stereocenters. The van der Waals surface area contributed by atoms with Gasteiger partial charge in [0, 0.05) is 15.6 Å². The molecule has 0 aliphatic heterocycles. The summed E-state index contributed by atoms with van der Waals surface area (Å²) in [6, 6.07) is 21.6. The van der Waals surface area contributed by atoms with E-state index in [1.807, 2.05) is 43.3 Å². The van der Waals surface area contributed by atoms with Gasteiger partial charge in [0.25, 0.3) is 11.8 Å². The molecule has 3 N–H and O–H groups in total. The number of phenols is 1. The minimum Gasteiger partial charge on any atom is -0.506 e. The second-order valence-electron chi connectivity index (χ2n) is 7.20. The molecule has 0 spiro atoms. The number of nitrogens with zero attached hydrogens (tertiary/aromatic N) is 1. The molecule has 0 aromatic heterocycles. The number of carbonyl (C=O) groups is 2. The van der Waals surface area contributed by atoms with E-state index in [1.54, 1.807) is 48.5 Å². The van der Waals surface area contributed by atoms with Crippen molar-refractivity contribution in [2.45, 2.75) is 6.92 Å². The highest BCUT2D eigenvalue weighted by Crippen LogP contribution is 2.30. The van der Waals surface area contributed by atoms with Gasteiger partial charge >= 0.3 is 0 Å². The third-order valence-corrected chi connectivity index (χ3v) is 5.58. The quantitative estimate of drug-likeness (QED) is 0.143. The molecular formula is C26H21Br2N3O3. The molecule has 2 amide bonds. The van der Waals surface area contributed by atoms with Crippen molar-refractivity contribution in [1.82, 2.24) is 10.7 Å². The monoisotopic (exact) mass is 581 g/mol. The first-order valence-electron chi connectivity index (χ1n) is 10.2. The Morgan fingerprint density at radius 1 is 0.971 bits per heavy atom. The summed E-state index contributed by atoms with van der Waals surface area (Å²) in [6.07, 6.45) is 4.78. The van der Waals surface area contributed by atoms with Crippen LogP contribution in [0.25, 0.3) is 6.08 Å². The lowest BCUT2D eigenvalue weighted by Crippen LogP contribution is -2.33. The number of aromatic hydroxyl groups is 1. The van der Waals surface area contributed by atoms with Gasteiger partial charge in [0.2, 0.25) is 0 Å². The van der Waals surface area contributed by atoms with Crippen LogP contribution in [0.2, 0.25) is 0 Å². The summed E-state index contributed by atoms with van der Waals surface area (Å²) in [5.41, 5.74) is 4.94. The van der Waals surface area contributed by atoms with E-state index in [9.17, 15) is 14.7 Å². The molecule has 3 aromatic rings. The fraction of sp³-hybridized carbons (Fsp3) is 0.0385. The average molecular weight is 583 g/mol. The highest BCUT2D eigenvalue weighted by atomic mass is 79.9. The first-order chi connectivity index (χ1) is 16.3. The predicted molar refractivity (Wildman–Crippen MR) is 141 cm³/mol. The lowest BCUT2D eigenvalue weighted by Gasteiger charge is -2.09. The summed E-state index contributed by atoms with van der Waals surface area (Å²) >= 11 is 6.59. The molecule has 0 aliphatic carbocycles. The van der Waals surface area contributed by atoms with Crippen molar-refractivity contribution in [3.8, 4) is 5.75 Å². The molecule has 0 radical (unpaired) electrons. The molecule has 0 aliphatic rings. The van der Waals surface area contributed by atoms with E-state index in [-0.39, 0.29) is 11.4 Å². The fourth-order valence-corrected chi connectivity index (χ4v) is 4.19. The summed E-state index contributed by atoms with van der Waals surface area (Å²) in [7, 11) is 0. The van der Waals surface area contributed by atoms with Crippen molar-refractivity contribution in [3.63, 3.8) is 0 Å². The van der Waals surface area contributed by atoms with Crippen LogP contribution in [0.1, 0.15) is 28.4 Å². The number of halogens is 2. The Balaban J connectivity index is 1.84. The number of hydrazone groups is 1. The molecule has 8 heteroatoms. The topological polar surface area (TPSA) is 90.8 Å². The molecule has 6 nitrogen and oxygen atoms in total. The van der Waals surface area contributed by atoms with E-state index >= 15 is 0 Å². The maximum atomic E-state index is 12.9. The minimum atomic E-state index is -0.616. The molecule has 0 heterocycles. The Morgan fingerprint density at radius 3 is 2.29 bits per heavy atom. The number of hydrogen-bond acceptors (Lipinski definition) is 4. The zero-order valence-electron chi connectivity index (χ0n) is 18.1. The molecule has 0 saturated carbocycles. The number of hydrogen-bond donors (Lipinski definition) is 3. The minimum absolute atomic E-state index is 0.0176. The van der Waals surface area contributed by atoms with Gasteiger partial charge in [0.05, 0.1) is 10.7 Å². The highest BCUT2D eigenvalue weighted by molar-refractivity contribution is 9.11. The lowest BCUT2D eigenvalue weighted by atomic mass is 10.1. The predicted octanol–water partition coefficient (Wildman–Crippen LogP) is 5.78. The molecule has 34 heavy (non-hydrogen) atoms. The lowest BCUT2D eigenvalue weighted by molar-refractivity contribution is -0.117. The molecule has 172 valence electrons. The number of phenolic OH excluding ortho intramolecular Hbond substituents is 1. The van der Waals surface area contributed by atoms with Crippen LogP contribution in [0, 0.1) is 0 Å². The van der Waals surface area contributed by atoms with Gasteiger partial charge < -0.3 is 10.4 Å². The van der Waals surface area contributed by atoms with Gasteiger partial charge in [-0.05, 0) is 64.3 Å². The molecular weight excluding hydrogens is 562 g/mol. The fourth-order valence-electron chi connectivity index (χ4n) is 2.93. The normalized spacial score (nSPS) is 12.0. The van der Waals surface area contributed by atoms with E-state index in [4.69, 9.17) is 0 Å². The van der Waals surface area contributed by atoms with Crippen LogP contribution in [0.15, 0.2) is 104 Å². The van der Waals surface area contributed by atoms with E-state index in [2.05, 4.69) is 47.7 Å². The zero-order chi connectivity index (χ0) is 24.5. The standard InChI is InChI=1S/C26H21Br2N3O3/c1-17(12-18-8-4-2-5-9-18)13-23(30-25(33)19-10-6-3-7-11-19)26(34)31-29-16-20-14-21(27)15-22(28)24(20)32/h2-16,32H,1H3,(H,30,33)(H,31,34)/b17-12-,23-13+,29-16+. The molecule has 0 fully saturated rings. The average Bonchev–Trinajstić information content (AvgIpc) is 2.82. The summed E-state index contributed by atoms with van der Waals surface area (Å²) in [5, 5.41) is 16.8. The van der Waals surface area contributed by atoms with Gasteiger partial charge in [0.1, 0.15) is 11.4 Å². The number of amides is 2. The van der Waals surface area contributed by atoms with Crippen LogP contribution in [0.4, 0.5) is 0 Å². The second kappa shape index (κ2) is 12.1. The molecule has 0 bridgehead atoms. The second-order valence-corrected chi connectivity index (χ2v) is 8.97. The first kappa shape index (κ1) is 25.1. The van der Waals surface area contributed by atoms with Crippen molar-refractivity contribution in [2.24, 2.45) is 5.10 Å². The van der Waals surface area contributed by atoms with Crippen LogP contribution < -0.4 is 10.7 Å². The maximum absolute atomic E-state index is 12.9. The number of nitrogens with one attached hydrogen (secondary N) is 2. The van der Waals surface area contributed by atoms with E-state index in [0.29, 0.717) is 15.6 Å². The number of allylic oxidation sites excluding steroid dienone is 2. The van der Waals surface area contributed by atoms with Crippen LogP contribution in [0.3, 0.4) is 0 Å². The Labute approximate surface area is 214 Å². The molecule has 3 aromatic carbocycles. The van der Waals surface area contributed by atoms with Gasteiger partial charge in [-0.1, -0.05) is 70.5 Å². The first-order valence-corrected chi connectivity index (χ1v) is 11.7. The Hall–Kier alpha value is -3.49.